The molecule has 0 unspecified atom stereocenters. The Kier molecular flexibility index (Phi) is 4.16. The molecule has 19 heavy (non-hydrogen) atoms. The molecule has 7 heteroatoms. The lowest BCUT2D eigenvalue weighted by Gasteiger charge is -2.26. The Labute approximate surface area is 109 Å². The minimum atomic E-state index is -0.522. The Morgan fingerprint density at radius 2 is 1.95 bits per heavy atom. The van der Waals surface area contributed by atoms with Gasteiger partial charge in [0.25, 0.3) is 5.56 Å². The van der Waals surface area contributed by atoms with Crippen LogP contribution < -0.4 is 11.2 Å². The summed E-state index contributed by atoms with van der Waals surface area (Å²) < 4.78 is 5.18. The molecule has 1 aromatic rings. The second-order valence-corrected chi connectivity index (χ2v) is 4.50. The quantitative estimate of drug-likeness (QED) is 0.746. The number of nitrogens with zero attached hydrogens (tertiary/aromatic N) is 1. The molecule has 0 radical (unpaired) electrons. The summed E-state index contributed by atoms with van der Waals surface area (Å²) in [6, 6.07) is 0. The average molecular weight is 267 g/mol. The number of carbonyl (C=O) groups excluding carboxylic acids is 1. The molecule has 0 aromatic carbocycles. The molecule has 104 valence electrons. The first kappa shape index (κ1) is 13.5. The number of ether oxygens (including phenoxy) is 1. The lowest BCUT2D eigenvalue weighted by atomic mass is 10.1. The number of aromatic amines is 2. The van der Waals surface area contributed by atoms with Crippen molar-refractivity contribution in [3.63, 3.8) is 0 Å². The van der Waals surface area contributed by atoms with Crippen LogP contribution >= 0.6 is 0 Å². The molecule has 0 aliphatic carbocycles. The molecule has 0 atom stereocenters. The molecule has 2 N–H and O–H groups in total. The van der Waals surface area contributed by atoms with Crippen molar-refractivity contribution in [3.05, 3.63) is 32.1 Å². The minimum Gasteiger partial charge on any atom is -0.378 e. The van der Waals surface area contributed by atoms with Crippen LogP contribution in [-0.2, 0) is 16.0 Å². The van der Waals surface area contributed by atoms with E-state index in [2.05, 4.69) is 9.97 Å². The van der Waals surface area contributed by atoms with Crippen LogP contribution in [-0.4, -0.2) is 47.1 Å². The summed E-state index contributed by atoms with van der Waals surface area (Å²) in [5, 5.41) is 0. The molecule has 0 bridgehead atoms. The molecule has 0 spiro atoms. The van der Waals surface area contributed by atoms with Crippen LogP contribution in [0.5, 0.6) is 0 Å². The van der Waals surface area contributed by atoms with E-state index in [0.29, 0.717) is 44.0 Å². The van der Waals surface area contributed by atoms with Crippen molar-refractivity contribution in [1.29, 1.82) is 0 Å². The number of hydrogen-bond acceptors (Lipinski definition) is 4. The van der Waals surface area contributed by atoms with Crippen LogP contribution in [0.1, 0.15) is 17.7 Å². The fourth-order valence-corrected chi connectivity index (χ4v) is 2.13. The van der Waals surface area contributed by atoms with E-state index in [9.17, 15) is 14.4 Å². The third kappa shape index (κ3) is 3.31. The second-order valence-electron chi connectivity index (χ2n) is 4.50. The number of hydrogen-bond donors (Lipinski definition) is 2. The number of aromatic nitrogens is 2. The molecule has 1 amide bonds. The number of morpholine rings is 1. The van der Waals surface area contributed by atoms with Gasteiger partial charge in [0.1, 0.15) is 0 Å². The summed E-state index contributed by atoms with van der Waals surface area (Å²) in [6.45, 7) is 3.97. The van der Waals surface area contributed by atoms with Crippen molar-refractivity contribution >= 4 is 5.91 Å². The third-order valence-corrected chi connectivity index (χ3v) is 3.21. The summed E-state index contributed by atoms with van der Waals surface area (Å²) >= 11 is 0. The van der Waals surface area contributed by atoms with Crippen LogP contribution in [0.2, 0.25) is 0 Å². The summed E-state index contributed by atoms with van der Waals surface area (Å²) in [6.07, 6.45) is 0.587. The Hall–Kier alpha value is -1.89. The summed E-state index contributed by atoms with van der Waals surface area (Å²) in [7, 11) is 0. The Morgan fingerprint density at radius 3 is 2.58 bits per heavy atom. The van der Waals surface area contributed by atoms with Gasteiger partial charge in [0.2, 0.25) is 5.91 Å². The molecule has 1 aliphatic rings. The largest absolute Gasteiger partial charge is 0.378 e. The maximum atomic E-state index is 11.9. The zero-order chi connectivity index (χ0) is 13.8. The van der Waals surface area contributed by atoms with Gasteiger partial charge in [-0.15, -0.1) is 0 Å². The van der Waals surface area contributed by atoms with E-state index in [1.54, 1.807) is 11.8 Å². The van der Waals surface area contributed by atoms with Gasteiger partial charge in [0.05, 0.1) is 13.2 Å². The third-order valence-electron chi connectivity index (χ3n) is 3.21. The number of amides is 1. The second kappa shape index (κ2) is 5.83. The number of H-pyrrole nitrogens is 2. The predicted octanol–water partition coefficient (Wildman–Crippen LogP) is -0.837. The zero-order valence-corrected chi connectivity index (χ0v) is 10.8. The first-order valence-corrected chi connectivity index (χ1v) is 6.25. The molecule has 1 aromatic heterocycles. The van der Waals surface area contributed by atoms with Gasteiger partial charge in [0.15, 0.2) is 0 Å². The van der Waals surface area contributed by atoms with Crippen LogP contribution in [0.15, 0.2) is 9.59 Å². The molecule has 2 heterocycles. The molecule has 0 saturated carbocycles. The van der Waals surface area contributed by atoms with Gasteiger partial charge in [0, 0.05) is 30.8 Å². The van der Waals surface area contributed by atoms with Gasteiger partial charge < -0.3 is 14.6 Å². The minimum absolute atomic E-state index is 0.00769. The fourth-order valence-electron chi connectivity index (χ4n) is 2.13. The van der Waals surface area contributed by atoms with E-state index in [-0.39, 0.29) is 12.3 Å². The predicted molar refractivity (Wildman–Crippen MR) is 68.1 cm³/mol. The van der Waals surface area contributed by atoms with Gasteiger partial charge in [-0.25, -0.2) is 4.79 Å². The lowest BCUT2D eigenvalue weighted by Crippen LogP contribution is -2.41. The van der Waals surface area contributed by atoms with E-state index in [4.69, 9.17) is 4.74 Å². The van der Waals surface area contributed by atoms with E-state index in [0.717, 1.165) is 0 Å². The first-order chi connectivity index (χ1) is 9.08. The van der Waals surface area contributed by atoms with E-state index >= 15 is 0 Å². The maximum absolute atomic E-state index is 11.9. The van der Waals surface area contributed by atoms with E-state index in [1.807, 2.05) is 0 Å². The zero-order valence-electron chi connectivity index (χ0n) is 10.8. The van der Waals surface area contributed by atoms with Crippen molar-refractivity contribution in [2.75, 3.05) is 26.3 Å². The van der Waals surface area contributed by atoms with Crippen LogP contribution in [0.3, 0.4) is 0 Å². The summed E-state index contributed by atoms with van der Waals surface area (Å²) in [5.41, 5.74) is 0.0338. The van der Waals surface area contributed by atoms with Gasteiger partial charge in [-0.2, -0.15) is 0 Å². The highest BCUT2D eigenvalue weighted by Gasteiger charge is 2.17. The van der Waals surface area contributed by atoms with E-state index < -0.39 is 11.2 Å². The molecule has 1 fully saturated rings. The Bertz CT molecular complexity index is 569. The number of rotatable bonds is 3. The van der Waals surface area contributed by atoms with Crippen LogP contribution in [0.25, 0.3) is 0 Å². The van der Waals surface area contributed by atoms with Crippen molar-refractivity contribution in [2.45, 2.75) is 19.8 Å². The topological polar surface area (TPSA) is 95.3 Å². The highest BCUT2D eigenvalue weighted by Crippen LogP contribution is 2.05. The van der Waals surface area contributed by atoms with Gasteiger partial charge in [-0.05, 0) is 13.3 Å². The monoisotopic (exact) mass is 267 g/mol. The molecule has 7 nitrogen and oxygen atoms in total. The average Bonchev–Trinajstić information content (AvgIpc) is 2.38. The van der Waals surface area contributed by atoms with Crippen molar-refractivity contribution in [2.24, 2.45) is 0 Å². The number of nitrogens with one attached hydrogen (secondary N) is 2. The number of aryl methyl sites for hydroxylation is 1. The molecule has 1 saturated heterocycles. The maximum Gasteiger partial charge on any atom is 0.325 e. The normalized spacial score (nSPS) is 15.5. The van der Waals surface area contributed by atoms with E-state index in [1.165, 1.54) is 0 Å². The first-order valence-electron chi connectivity index (χ1n) is 6.25. The van der Waals surface area contributed by atoms with Crippen molar-refractivity contribution in [3.8, 4) is 0 Å². The highest BCUT2D eigenvalue weighted by molar-refractivity contribution is 5.76. The fraction of sp³-hybridized carbons (Fsp3) is 0.583. The van der Waals surface area contributed by atoms with Gasteiger partial charge in [-0.1, -0.05) is 0 Å². The summed E-state index contributed by atoms with van der Waals surface area (Å²) in [5.74, 6) is 0.00769. The van der Waals surface area contributed by atoms with Crippen LogP contribution in [0.4, 0.5) is 0 Å². The van der Waals surface area contributed by atoms with Crippen molar-refractivity contribution in [1.82, 2.24) is 14.9 Å². The number of carbonyl (C=O) groups is 1. The Balaban J connectivity index is 2.00. The van der Waals surface area contributed by atoms with Crippen LogP contribution in [0, 0.1) is 6.92 Å². The summed E-state index contributed by atoms with van der Waals surface area (Å²) in [4.78, 5) is 41.1. The standard InChI is InChI=1S/C12H17N3O4/c1-8-9(11(17)14-12(18)13-8)2-3-10(16)15-4-6-19-7-5-15/h2-7H2,1H3,(H2,13,14,17,18). The SMILES string of the molecule is Cc1[nH]c(=O)[nH]c(=O)c1CCC(=O)N1CCOCC1. The Morgan fingerprint density at radius 1 is 1.26 bits per heavy atom. The lowest BCUT2D eigenvalue weighted by molar-refractivity contribution is -0.135. The molecule has 1 aliphatic heterocycles. The highest BCUT2D eigenvalue weighted by atomic mass is 16.5. The van der Waals surface area contributed by atoms with Gasteiger partial charge >= 0.3 is 5.69 Å². The van der Waals surface area contributed by atoms with Gasteiger partial charge in [-0.3, -0.25) is 14.6 Å². The molecule has 2 rings (SSSR count). The molecular formula is C12H17N3O4. The smallest absolute Gasteiger partial charge is 0.325 e. The molecular weight excluding hydrogens is 250 g/mol. The van der Waals surface area contributed by atoms with Crippen molar-refractivity contribution < 1.29 is 9.53 Å².